The highest BCUT2D eigenvalue weighted by molar-refractivity contribution is 5.97. The van der Waals surface area contributed by atoms with Crippen molar-refractivity contribution in [2.75, 3.05) is 61.1 Å². The molecule has 0 spiro atoms. The number of hydrogen-bond donors (Lipinski definition) is 0. The Morgan fingerprint density at radius 3 is 1.69 bits per heavy atom. The first-order valence-electron chi connectivity index (χ1n) is 5.58. The highest BCUT2D eigenvalue weighted by Gasteiger charge is 2.08. The maximum atomic E-state index is 5.59. The third-order valence-electron chi connectivity index (χ3n) is 1.99. The van der Waals surface area contributed by atoms with Crippen LogP contribution in [0.5, 0.6) is 0 Å². The minimum atomic E-state index is -0.225. The van der Waals surface area contributed by atoms with Gasteiger partial charge < -0.3 is 23.7 Å². The first-order valence-corrected chi connectivity index (χ1v) is 6.39. The number of ether oxygens (including phenoxy) is 2. The molecule has 0 aliphatic carbocycles. The van der Waals surface area contributed by atoms with Crippen LogP contribution in [0.25, 0.3) is 0 Å². The second-order valence-electron chi connectivity index (χ2n) is 4.23. The number of nitrogens with zero attached hydrogens (tertiary/aromatic N) is 2. The van der Waals surface area contributed by atoms with E-state index in [0.717, 1.165) is 13.1 Å². The van der Waals surface area contributed by atoms with Gasteiger partial charge >= 0.3 is 0 Å². The Labute approximate surface area is 102 Å². The second kappa shape index (κ2) is 10.2. The van der Waals surface area contributed by atoms with E-state index in [1.165, 1.54) is 0 Å². The molecule has 0 atom stereocenters. The summed E-state index contributed by atoms with van der Waals surface area (Å²) in [7, 11) is 8.81. The zero-order chi connectivity index (χ0) is 12.4. The van der Waals surface area contributed by atoms with Gasteiger partial charge in [-0.3, -0.25) is 0 Å². The predicted molar refractivity (Wildman–Crippen MR) is 68.7 cm³/mol. The largest absolute Gasteiger partial charge is 0.423 e. The summed E-state index contributed by atoms with van der Waals surface area (Å²) in [5, 5.41) is 0. The maximum Gasteiger partial charge on any atom is 0.179 e. The van der Waals surface area contributed by atoms with Crippen LogP contribution in [0.15, 0.2) is 0 Å². The Morgan fingerprint density at radius 1 is 0.938 bits per heavy atom. The van der Waals surface area contributed by atoms with Gasteiger partial charge in [-0.2, -0.15) is 0 Å². The van der Waals surface area contributed by atoms with Crippen molar-refractivity contribution in [3.63, 3.8) is 0 Å². The Balaban J connectivity index is 3.61. The molecule has 6 heteroatoms. The molecule has 0 unspecified atom stereocenters. The number of likely N-dealkylation sites (N-methyl/N-ethyl adjacent to an activating group) is 2. The second-order valence-corrected chi connectivity index (χ2v) is 4.81. The highest BCUT2D eigenvalue weighted by atomic mass is 28.2. The molecule has 0 fully saturated rings. The van der Waals surface area contributed by atoms with Crippen LogP contribution in [0.4, 0.5) is 0 Å². The van der Waals surface area contributed by atoms with Gasteiger partial charge in [0, 0.05) is 13.1 Å². The summed E-state index contributed by atoms with van der Waals surface area (Å²) in [5.74, 6) is 0. The van der Waals surface area contributed by atoms with Gasteiger partial charge in [-0.25, -0.2) is 0 Å². The molecule has 0 heterocycles. The van der Waals surface area contributed by atoms with Crippen LogP contribution in [0.2, 0.25) is 0 Å². The van der Waals surface area contributed by atoms with Crippen molar-refractivity contribution in [2.24, 2.45) is 0 Å². The van der Waals surface area contributed by atoms with E-state index in [9.17, 15) is 0 Å². The first-order chi connectivity index (χ1) is 7.56. The van der Waals surface area contributed by atoms with Gasteiger partial charge in [0.15, 0.2) is 6.29 Å². The normalized spacial score (nSPS) is 12.2. The monoisotopic (exact) mass is 250 g/mol. The summed E-state index contributed by atoms with van der Waals surface area (Å²) in [5.41, 5.74) is 0. The van der Waals surface area contributed by atoms with Gasteiger partial charge in [-0.1, -0.05) is 0 Å². The van der Waals surface area contributed by atoms with E-state index in [0.29, 0.717) is 30.3 Å². The summed E-state index contributed by atoms with van der Waals surface area (Å²) in [6.07, 6.45) is -0.225. The smallest absolute Gasteiger partial charge is 0.179 e. The van der Waals surface area contributed by atoms with Gasteiger partial charge in [-0.15, -0.1) is 0 Å². The molecule has 16 heavy (non-hydrogen) atoms. The van der Waals surface area contributed by atoms with Gasteiger partial charge in [0.1, 0.15) is 10.5 Å². The molecular weight excluding hydrogens is 224 g/mol. The van der Waals surface area contributed by atoms with E-state index < -0.39 is 0 Å². The third kappa shape index (κ3) is 10.5. The minimum Gasteiger partial charge on any atom is -0.423 e. The lowest BCUT2D eigenvalue weighted by atomic mass is 10.6. The molecular formula is C10H26N2O3Si. The van der Waals surface area contributed by atoms with Crippen LogP contribution >= 0.6 is 0 Å². The fraction of sp³-hybridized carbons (Fsp3) is 1.00. The molecule has 0 saturated heterocycles. The predicted octanol–water partition coefficient (Wildman–Crippen LogP) is -1.23. The molecule has 0 aliphatic heterocycles. The Hall–Kier alpha value is 0.0169. The van der Waals surface area contributed by atoms with Gasteiger partial charge in [0.05, 0.1) is 19.8 Å². The van der Waals surface area contributed by atoms with Crippen molar-refractivity contribution in [3.8, 4) is 0 Å². The topological polar surface area (TPSA) is 34.2 Å². The number of rotatable bonds is 10. The lowest BCUT2D eigenvalue weighted by Gasteiger charge is -2.20. The van der Waals surface area contributed by atoms with E-state index in [2.05, 4.69) is 9.80 Å². The Morgan fingerprint density at radius 2 is 1.38 bits per heavy atom. The molecule has 98 valence electrons. The van der Waals surface area contributed by atoms with Crippen molar-refractivity contribution in [1.29, 1.82) is 0 Å². The van der Waals surface area contributed by atoms with Crippen LogP contribution in [0.1, 0.15) is 0 Å². The van der Waals surface area contributed by atoms with Crippen molar-refractivity contribution in [3.05, 3.63) is 0 Å². The summed E-state index contributed by atoms with van der Waals surface area (Å²) in [4.78, 5) is 4.16. The molecule has 0 rings (SSSR count). The molecule has 0 amide bonds. The van der Waals surface area contributed by atoms with Crippen LogP contribution in [0.3, 0.4) is 0 Å². The summed E-state index contributed by atoms with van der Waals surface area (Å²) in [6.45, 7) is 3.67. The van der Waals surface area contributed by atoms with E-state index in [-0.39, 0.29) is 6.29 Å². The summed E-state index contributed by atoms with van der Waals surface area (Å²) >= 11 is 0. The Bertz CT molecular complexity index is 145. The van der Waals surface area contributed by atoms with Crippen LogP contribution in [0, 0.1) is 0 Å². The highest BCUT2D eigenvalue weighted by Crippen LogP contribution is 1.96. The lowest BCUT2D eigenvalue weighted by Crippen LogP contribution is -2.30. The fourth-order valence-corrected chi connectivity index (χ4v) is 1.29. The molecule has 0 bridgehead atoms. The molecule has 0 radical (unpaired) electrons. The molecule has 0 aromatic heterocycles. The lowest BCUT2D eigenvalue weighted by molar-refractivity contribution is -0.160. The van der Waals surface area contributed by atoms with Crippen LogP contribution < -0.4 is 0 Å². The quantitative estimate of drug-likeness (QED) is 0.358. The molecule has 0 aliphatic rings. The van der Waals surface area contributed by atoms with E-state index in [1.807, 2.05) is 28.2 Å². The van der Waals surface area contributed by atoms with Gasteiger partial charge in [0.2, 0.25) is 0 Å². The van der Waals surface area contributed by atoms with Crippen LogP contribution in [-0.4, -0.2) is 87.7 Å². The number of hydrogen-bond acceptors (Lipinski definition) is 5. The van der Waals surface area contributed by atoms with Crippen molar-refractivity contribution < 1.29 is 13.9 Å². The van der Waals surface area contributed by atoms with Gasteiger partial charge in [0.25, 0.3) is 0 Å². The average Bonchev–Trinajstić information content (AvgIpc) is 2.16. The standard InChI is InChI=1S/C10H26N2O3Si/c1-11(2)5-7-13-10(9-15-16)14-8-6-12(3)4/h10H,5-9H2,1-4,16H3. The molecule has 0 aromatic carbocycles. The average molecular weight is 250 g/mol. The van der Waals surface area contributed by atoms with E-state index >= 15 is 0 Å². The molecule has 0 aromatic rings. The van der Waals surface area contributed by atoms with Crippen molar-refractivity contribution in [2.45, 2.75) is 6.29 Å². The first kappa shape index (κ1) is 16.0. The maximum absolute atomic E-state index is 5.59. The van der Waals surface area contributed by atoms with E-state index in [1.54, 1.807) is 0 Å². The fourth-order valence-electron chi connectivity index (χ4n) is 1.01. The molecule has 0 N–H and O–H groups in total. The van der Waals surface area contributed by atoms with Crippen molar-refractivity contribution in [1.82, 2.24) is 9.80 Å². The molecule has 5 nitrogen and oxygen atoms in total. The summed E-state index contributed by atoms with van der Waals surface area (Å²) < 4.78 is 16.4. The minimum absolute atomic E-state index is 0.225. The van der Waals surface area contributed by atoms with Crippen LogP contribution in [-0.2, 0) is 13.9 Å². The molecule has 0 saturated carbocycles. The SMILES string of the molecule is CN(C)CCOC(CO[SiH3])OCCN(C)C. The zero-order valence-corrected chi connectivity index (χ0v) is 13.2. The summed E-state index contributed by atoms with van der Waals surface area (Å²) in [6, 6.07) is 0. The third-order valence-corrected chi connectivity index (χ3v) is 2.32. The van der Waals surface area contributed by atoms with E-state index in [4.69, 9.17) is 13.9 Å². The zero-order valence-electron chi connectivity index (χ0n) is 11.2. The van der Waals surface area contributed by atoms with Gasteiger partial charge in [-0.05, 0) is 28.2 Å². The van der Waals surface area contributed by atoms with Crippen molar-refractivity contribution >= 4 is 10.5 Å². The Kier molecular flexibility index (Phi) is 10.2.